The van der Waals surface area contributed by atoms with Crippen molar-refractivity contribution in [2.75, 3.05) is 19.6 Å². The van der Waals surface area contributed by atoms with Gasteiger partial charge in [-0.05, 0) is 95.5 Å². The van der Waals surface area contributed by atoms with E-state index in [2.05, 4.69) is 21.9 Å². The minimum atomic E-state index is -3.98. The lowest BCUT2D eigenvalue weighted by atomic mass is 9.84. The van der Waals surface area contributed by atoms with Crippen LogP contribution in [0, 0.1) is 12.8 Å². The Hall–Kier alpha value is -5.21. The maximum Gasteiger partial charge on any atom is 0.241 e. The maximum atomic E-state index is 13.7. The number of halogens is 1. The molecule has 2 aliphatic rings. The number of aliphatic hydroxyl groups is 2. The van der Waals surface area contributed by atoms with Crippen molar-refractivity contribution < 1.29 is 32.9 Å². The molecule has 5 unspecified atom stereocenters. The van der Waals surface area contributed by atoms with Gasteiger partial charge in [0, 0.05) is 42.7 Å². The molecule has 10 nitrogen and oxygen atoms in total. The molecule has 5 atom stereocenters. The molecule has 338 valence electrons. The van der Waals surface area contributed by atoms with E-state index in [9.17, 15) is 23.4 Å². The highest BCUT2D eigenvalue weighted by atomic mass is 35.5. The third kappa shape index (κ3) is 11.4. The van der Waals surface area contributed by atoms with Gasteiger partial charge in [0.25, 0.3) is 0 Å². The van der Waals surface area contributed by atoms with Crippen molar-refractivity contribution in [3.63, 3.8) is 0 Å². The van der Waals surface area contributed by atoms with Gasteiger partial charge < -0.3 is 29.9 Å². The Morgan fingerprint density at radius 3 is 2.12 bits per heavy atom. The number of sulfonamides is 1. The van der Waals surface area contributed by atoms with E-state index >= 15 is 0 Å². The van der Waals surface area contributed by atoms with Crippen molar-refractivity contribution in [2.24, 2.45) is 5.92 Å². The lowest BCUT2D eigenvalue weighted by molar-refractivity contribution is -0.277. The Bertz CT molecular complexity index is 2620. The van der Waals surface area contributed by atoms with Gasteiger partial charge in [-0.25, -0.2) is 8.42 Å². The highest BCUT2D eigenvalue weighted by molar-refractivity contribution is 7.89. The minimum absolute atomic E-state index is 0.00722. The van der Waals surface area contributed by atoms with Gasteiger partial charge in [-0.1, -0.05) is 145 Å². The number of rotatable bonds is 15. The Morgan fingerprint density at radius 2 is 1.45 bits per heavy atom. The molecular formula is C53H56ClN3O7S. The van der Waals surface area contributed by atoms with Gasteiger partial charge in [-0.2, -0.15) is 4.72 Å². The van der Waals surface area contributed by atoms with E-state index in [4.69, 9.17) is 21.1 Å². The second kappa shape index (κ2) is 20.5. The van der Waals surface area contributed by atoms with Crippen LogP contribution in [-0.4, -0.2) is 61.2 Å². The van der Waals surface area contributed by atoms with E-state index in [1.165, 1.54) is 12.1 Å². The number of piperidine rings is 1. The van der Waals surface area contributed by atoms with Crippen LogP contribution in [0.1, 0.15) is 71.1 Å². The molecule has 0 radical (unpaired) electrons. The molecule has 0 saturated carbocycles. The number of carbonyl (C=O) groups is 1. The van der Waals surface area contributed by atoms with Gasteiger partial charge in [0.05, 0.1) is 29.3 Å². The molecule has 0 aromatic heterocycles. The third-order valence-corrected chi connectivity index (χ3v) is 14.5. The van der Waals surface area contributed by atoms with Crippen molar-refractivity contribution in [3.8, 4) is 11.1 Å². The number of ether oxygens (including phenoxy) is 2. The predicted octanol–water partition coefficient (Wildman–Crippen LogP) is 8.79. The number of benzene rings is 6. The maximum absolute atomic E-state index is 13.7. The number of amides is 1. The van der Waals surface area contributed by atoms with E-state index in [0.717, 1.165) is 50.1 Å². The van der Waals surface area contributed by atoms with Crippen LogP contribution in [0.5, 0.6) is 0 Å². The number of aliphatic hydroxyl groups excluding tert-OH is 1. The highest BCUT2D eigenvalue weighted by Crippen LogP contribution is 2.43. The standard InChI is InChI=1S/C53H56ClN3O7S/c1-36-11-25-47(26-12-36)65(61,62)56-48(32-38-7-4-3-5-8-38)51(59)55-33-40-9-6-10-44(31-40)41-17-19-43(20-18-41)52-63-49(37(2)50(64-52)42-15-13-39(35-58)14-16-42)34-57-29-27-53(60,28-30-57)45-21-23-46(54)24-22-45/h3-26,31,37,48-50,52,56,58,60H,27-30,32-35H2,1-2H3,(H,55,59). The van der Waals surface area contributed by atoms with Crippen LogP contribution >= 0.6 is 11.6 Å². The van der Waals surface area contributed by atoms with E-state index < -0.39 is 33.9 Å². The molecule has 0 aliphatic carbocycles. The van der Waals surface area contributed by atoms with Gasteiger partial charge in [0.1, 0.15) is 6.04 Å². The zero-order valence-corrected chi connectivity index (χ0v) is 38.2. The number of carbonyl (C=O) groups excluding carboxylic acids is 1. The molecule has 2 heterocycles. The molecular weight excluding hydrogens is 858 g/mol. The summed E-state index contributed by atoms with van der Waals surface area (Å²) in [5.41, 5.74) is 7.23. The van der Waals surface area contributed by atoms with Gasteiger partial charge in [-0.3, -0.25) is 4.79 Å². The Kier molecular flexibility index (Phi) is 14.6. The topological polar surface area (TPSA) is 137 Å². The molecule has 8 rings (SSSR count). The normalized spacial score (nSPS) is 20.5. The lowest BCUT2D eigenvalue weighted by Gasteiger charge is -2.45. The number of nitrogens with zero attached hydrogens (tertiary/aromatic N) is 1. The number of aryl methyl sites for hydroxylation is 1. The average Bonchev–Trinajstić information content (AvgIpc) is 3.32. The van der Waals surface area contributed by atoms with Gasteiger partial charge in [0.15, 0.2) is 6.29 Å². The summed E-state index contributed by atoms with van der Waals surface area (Å²) >= 11 is 6.13. The van der Waals surface area contributed by atoms with E-state index in [-0.39, 0.29) is 42.6 Å². The molecule has 1 amide bonds. The van der Waals surface area contributed by atoms with Crippen molar-refractivity contribution in [2.45, 2.75) is 81.3 Å². The van der Waals surface area contributed by atoms with Gasteiger partial charge >= 0.3 is 0 Å². The monoisotopic (exact) mass is 913 g/mol. The summed E-state index contributed by atoms with van der Waals surface area (Å²) in [6, 6.07) is 46.2. The molecule has 6 aromatic carbocycles. The minimum Gasteiger partial charge on any atom is -0.392 e. The van der Waals surface area contributed by atoms with Crippen molar-refractivity contribution in [1.82, 2.24) is 14.9 Å². The van der Waals surface area contributed by atoms with E-state index in [1.54, 1.807) is 12.1 Å². The third-order valence-electron chi connectivity index (χ3n) is 12.8. The van der Waals surface area contributed by atoms with Gasteiger partial charge in [-0.15, -0.1) is 0 Å². The van der Waals surface area contributed by atoms with E-state index in [0.29, 0.717) is 37.5 Å². The van der Waals surface area contributed by atoms with Crippen LogP contribution in [0.3, 0.4) is 0 Å². The first-order valence-electron chi connectivity index (χ1n) is 22.2. The van der Waals surface area contributed by atoms with Crippen molar-refractivity contribution >= 4 is 27.5 Å². The first kappa shape index (κ1) is 46.3. The second-order valence-electron chi connectivity index (χ2n) is 17.4. The summed E-state index contributed by atoms with van der Waals surface area (Å²) in [6.45, 7) is 6.31. The first-order chi connectivity index (χ1) is 31.4. The fourth-order valence-corrected chi connectivity index (χ4v) is 10.1. The zero-order chi connectivity index (χ0) is 45.6. The van der Waals surface area contributed by atoms with Crippen LogP contribution in [0.2, 0.25) is 5.02 Å². The van der Waals surface area contributed by atoms with Gasteiger partial charge in [0.2, 0.25) is 15.9 Å². The molecule has 0 bridgehead atoms. The smallest absolute Gasteiger partial charge is 0.241 e. The SMILES string of the molecule is Cc1ccc(S(=O)(=O)NC(Cc2ccccc2)C(=O)NCc2cccc(-c3ccc(C4OC(CN5CCC(O)(c6ccc(Cl)cc6)CC5)C(C)C(c5ccc(CO)cc5)O4)cc3)c2)cc1. The summed E-state index contributed by atoms with van der Waals surface area (Å²) < 4.78 is 43.0. The Balaban J connectivity index is 0.950. The molecule has 2 fully saturated rings. The average molecular weight is 915 g/mol. The molecule has 6 aromatic rings. The van der Waals surface area contributed by atoms with Crippen molar-refractivity contribution in [1.29, 1.82) is 0 Å². The number of likely N-dealkylation sites (tertiary alicyclic amines) is 1. The largest absolute Gasteiger partial charge is 0.392 e. The molecule has 2 saturated heterocycles. The lowest BCUT2D eigenvalue weighted by Crippen LogP contribution is -2.49. The quantitative estimate of drug-likeness (QED) is 0.0803. The fraction of sp³-hybridized carbons (Fsp3) is 0.302. The Labute approximate surface area is 387 Å². The predicted molar refractivity (Wildman–Crippen MR) is 253 cm³/mol. The fourth-order valence-electron chi connectivity index (χ4n) is 8.75. The van der Waals surface area contributed by atoms with Crippen molar-refractivity contribution in [3.05, 3.63) is 196 Å². The number of nitrogens with one attached hydrogen (secondary N) is 2. The second-order valence-corrected chi connectivity index (χ2v) is 19.5. The molecule has 4 N–H and O–H groups in total. The molecule has 0 spiro atoms. The molecule has 12 heteroatoms. The van der Waals surface area contributed by atoms with E-state index in [1.807, 2.05) is 134 Å². The van der Waals surface area contributed by atoms with Crippen LogP contribution in [0.15, 0.2) is 157 Å². The summed E-state index contributed by atoms with van der Waals surface area (Å²) in [4.78, 5) is 16.2. The molecule has 2 aliphatic heterocycles. The zero-order valence-electron chi connectivity index (χ0n) is 36.6. The molecule has 65 heavy (non-hydrogen) atoms. The van der Waals surface area contributed by atoms with Crippen LogP contribution < -0.4 is 10.0 Å². The number of hydrogen-bond acceptors (Lipinski definition) is 8. The highest BCUT2D eigenvalue weighted by Gasteiger charge is 2.41. The summed E-state index contributed by atoms with van der Waals surface area (Å²) in [6.07, 6.45) is 0.303. The summed E-state index contributed by atoms with van der Waals surface area (Å²) in [7, 11) is -3.98. The van der Waals surface area contributed by atoms with Crippen LogP contribution in [0.4, 0.5) is 0 Å². The number of hydrogen-bond donors (Lipinski definition) is 4. The Morgan fingerprint density at radius 1 is 0.785 bits per heavy atom. The van der Waals surface area contributed by atoms with Crippen LogP contribution in [-0.2, 0) is 49.5 Å². The first-order valence-corrected chi connectivity index (χ1v) is 24.0. The summed E-state index contributed by atoms with van der Waals surface area (Å²) in [5, 5.41) is 24.9. The van der Waals surface area contributed by atoms with Crippen LogP contribution in [0.25, 0.3) is 11.1 Å². The summed E-state index contributed by atoms with van der Waals surface area (Å²) in [5.74, 6) is -0.422.